The second kappa shape index (κ2) is 27.1. The van der Waals surface area contributed by atoms with Crippen molar-refractivity contribution in [1.29, 1.82) is 0 Å². The molecule has 0 aliphatic heterocycles. The third-order valence-corrected chi connectivity index (χ3v) is 25.5. The molecule has 0 saturated heterocycles. The molecule has 0 N–H and O–H groups in total. The Morgan fingerprint density at radius 2 is 0.496 bits per heavy atom. The first-order valence-electron chi connectivity index (χ1n) is 41.8. The zero-order chi connectivity index (χ0) is 79.5. The van der Waals surface area contributed by atoms with Gasteiger partial charge in [-0.05, 0) is 227 Å². The monoisotopic (exact) mass is 1540 g/mol. The summed E-state index contributed by atoms with van der Waals surface area (Å²) in [5, 5.41) is 14.2. The fourth-order valence-corrected chi connectivity index (χ4v) is 19.9. The van der Waals surface area contributed by atoms with Crippen LogP contribution in [0.4, 0.5) is 0 Å². The van der Waals surface area contributed by atoms with Gasteiger partial charge in [-0.2, -0.15) is 0 Å². The van der Waals surface area contributed by atoms with Crippen LogP contribution in [0.15, 0.2) is 413 Å². The highest BCUT2D eigenvalue weighted by Gasteiger charge is 2.25. The number of allylic oxidation sites excluding steroid dienone is 4. The van der Waals surface area contributed by atoms with E-state index in [-0.39, 0.29) is 0 Å². The van der Waals surface area contributed by atoms with E-state index in [1.54, 1.807) is 0 Å². The van der Waals surface area contributed by atoms with Gasteiger partial charge in [0.1, 0.15) is 0 Å². The Balaban J connectivity index is 0.680. The lowest BCUT2D eigenvalue weighted by molar-refractivity contribution is 0.735. The molecule has 25 rings (SSSR count). The summed E-state index contributed by atoms with van der Waals surface area (Å²) in [5.74, 6) is 1.03. The summed E-state index contributed by atoms with van der Waals surface area (Å²) < 4.78 is 14.4. The van der Waals surface area contributed by atoms with E-state index in [9.17, 15) is 0 Å². The van der Waals surface area contributed by atoms with E-state index in [0.29, 0.717) is 11.9 Å². The SMILES string of the molecule is CC1C=C(n2c3ccccc3c3cc(-c4ccc5c(c4)c4cc(-c6ccc7c(c6)c6ccccc6n7-c6ccccc6)ccc4n5-c4cccc(-c5cc(-c6ccccc6)nc(-n6c7cc(-c8ccc9c(c8)c8ccccc8n9-c8ccccc8)ccc7c7ccc(-c8ccc9c(c8)c8ccccc8n9-c8ccccc8)cc76)n5)c4)ccc32)C=CC1. The van der Waals surface area contributed by atoms with Crippen LogP contribution in [0.2, 0.25) is 0 Å². The molecule has 0 spiro atoms. The van der Waals surface area contributed by atoms with Crippen LogP contribution in [-0.2, 0) is 0 Å². The molecule has 17 aromatic carbocycles. The topological polar surface area (TPSA) is 55.4 Å². The molecule has 1 aliphatic carbocycles. The minimum Gasteiger partial charge on any atom is -0.310 e. The molecule has 0 radical (unpaired) electrons. The molecule has 121 heavy (non-hydrogen) atoms. The summed E-state index contributed by atoms with van der Waals surface area (Å²) in [4.78, 5) is 11.6. The molecule has 1 unspecified atom stereocenters. The molecule has 1 aliphatic rings. The zero-order valence-electron chi connectivity index (χ0n) is 66.1. The third-order valence-electron chi connectivity index (χ3n) is 25.5. The number of benzene rings is 17. The molecule has 0 fully saturated rings. The molecule has 0 saturated carbocycles. The largest absolute Gasteiger partial charge is 0.310 e. The molecular formula is C113H74N8. The molecular weight excluding hydrogens is 1470 g/mol. The van der Waals surface area contributed by atoms with Crippen molar-refractivity contribution in [3.05, 3.63) is 413 Å². The summed E-state index contributed by atoms with van der Waals surface area (Å²) in [6, 6.07) is 145. The molecule has 7 aromatic heterocycles. The second-order valence-corrected chi connectivity index (χ2v) is 32.5. The highest BCUT2D eigenvalue weighted by atomic mass is 15.2. The number of fused-ring (bicyclic) bond motifs is 18. The van der Waals surface area contributed by atoms with Gasteiger partial charge in [0.2, 0.25) is 5.95 Å². The van der Waals surface area contributed by atoms with E-state index in [0.717, 1.165) is 151 Å². The summed E-state index contributed by atoms with van der Waals surface area (Å²) >= 11 is 0. The van der Waals surface area contributed by atoms with Gasteiger partial charge < -0.3 is 22.8 Å². The van der Waals surface area contributed by atoms with Gasteiger partial charge in [-0.3, -0.25) is 4.57 Å². The van der Waals surface area contributed by atoms with E-state index in [1.165, 1.54) is 81.9 Å². The Morgan fingerprint density at radius 1 is 0.207 bits per heavy atom. The third kappa shape index (κ3) is 10.9. The average Bonchev–Trinajstić information content (AvgIpc) is 1.59. The van der Waals surface area contributed by atoms with Crippen molar-refractivity contribution in [3.63, 3.8) is 0 Å². The van der Waals surface area contributed by atoms with Crippen LogP contribution in [0.1, 0.15) is 13.3 Å². The van der Waals surface area contributed by atoms with Crippen LogP contribution in [0.25, 0.3) is 232 Å². The molecule has 566 valence electrons. The Kier molecular flexibility index (Phi) is 15.3. The predicted octanol–water partition coefficient (Wildman–Crippen LogP) is 29.5. The van der Waals surface area contributed by atoms with Crippen molar-refractivity contribution in [2.75, 3.05) is 0 Å². The number of para-hydroxylation sites is 7. The first kappa shape index (κ1) is 68.3. The van der Waals surface area contributed by atoms with E-state index in [2.05, 4.69) is 447 Å². The first-order valence-corrected chi connectivity index (χ1v) is 41.8. The van der Waals surface area contributed by atoms with Gasteiger partial charge in [0, 0.05) is 104 Å². The lowest BCUT2D eigenvalue weighted by Crippen LogP contribution is -2.04. The standard InChI is InChI=1S/C113H74N8/c1-71-24-22-34-85(60-71)119-104-43-21-17-39-90(104)96-63-74(47-57-108(96)119)76-49-59-110-98(67-76)97-66-75(73-46-54-105-93(62-73)87-36-14-18-40-101(87)116(105)82-28-8-3-9-29-82)48-58-109(97)120(110)86-35-23-27-81(61-86)100-70-99(72-25-6-2-7-26-72)114-113(115-100)121-111-68-79(77-50-55-106-94(64-77)88-37-15-19-41-102(88)117(106)83-30-10-4-11-31-83)44-52-91(111)92-53-45-80(69-112(92)121)78-51-56-107-95(65-78)89-38-16-20-42-103(89)118(107)84-32-12-5-13-33-84/h2-23,25-71H,24H2,1H3. The predicted molar refractivity (Wildman–Crippen MR) is 507 cm³/mol. The van der Waals surface area contributed by atoms with E-state index < -0.39 is 0 Å². The Hall–Kier alpha value is -15.9. The number of aromatic nitrogens is 8. The summed E-state index contributed by atoms with van der Waals surface area (Å²) in [6.45, 7) is 2.31. The van der Waals surface area contributed by atoms with E-state index in [4.69, 9.17) is 9.97 Å². The van der Waals surface area contributed by atoms with Crippen molar-refractivity contribution in [1.82, 2.24) is 37.4 Å². The Bertz CT molecular complexity index is 8280. The van der Waals surface area contributed by atoms with Crippen LogP contribution in [0, 0.1) is 5.92 Å². The second-order valence-electron chi connectivity index (χ2n) is 32.5. The first-order chi connectivity index (χ1) is 59.9. The number of hydrogen-bond donors (Lipinski definition) is 0. The van der Waals surface area contributed by atoms with Crippen LogP contribution < -0.4 is 0 Å². The highest BCUT2D eigenvalue weighted by molar-refractivity contribution is 6.18. The van der Waals surface area contributed by atoms with Crippen LogP contribution in [-0.4, -0.2) is 37.4 Å². The van der Waals surface area contributed by atoms with Gasteiger partial charge in [-0.1, -0.05) is 250 Å². The fraction of sp³-hybridized carbons (Fsp3) is 0.0265. The maximum absolute atomic E-state index is 5.89. The fourth-order valence-electron chi connectivity index (χ4n) is 19.9. The minimum absolute atomic E-state index is 0.457. The van der Waals surface area contributed by atoms with Gasteiger partial charge in [0.25, 0.3) is 0 Å². The normalized spacial score (nSPS) is 13.2. The average molecular weight is 1540 g/mol. The molecule has 1 atom stereocenters. The smallest absolute Gasteiger partial charge is 0.235 e. The molecule has 24 aromatic rings. The number of hydrogen-bond acceptors (Lipinski definition) is 2. The number of nitrogens with zero attached hydrogens (tertiary/aromatic N) is 8. The summed E-state index contributed by atoms with van der Waals surface area (Å²) in [6.07, 6.45) is 8.08. The molecule has 8 nitrogen and oxygen atoms in total. The summed E-state index contributed by atoms with van der Waals surface area (Å²) in [5.41, 5.74) is 31.9. The van der Waals surface area contributed by atoms with E-state index in [1.807, 2.05) is 0 Å². The Morgan fingerprint density at radius 3 is 0.893 bits per heavy atom. The van der Waals surface area contributed by atoms with Crippen molar-refractivity contribution >= 4 is 137 Å². The van der Waals surface area contributed by atoms with Gasteiger partial charge in [0.15, 0.2) is 0 Å². The van der Waals surface area contributed by atoms with Crippen molar-refractivity contribution in [3.8, 4) is 95.7 Å². The zero-order valence-corrected chi connectivity index (χ0v) is 66.1. The van der Waals surface area contributed by atoms with Crippen molar-refractivity contribution in [2.24, 2.45) is 5.92 Å². The lowest BCUT2D eigenvalue weighted by atomic mass is 9.98. The van der Waals surface area contributed by atoms with Crippen LogP contribution in [0.3, 0.4) is 0 Å². The summed E-state index contributed by atoms with van der Waals surface area (Å²) in [7, 11) is 0. The molecule has 7 heterocycles. The van der Waals surface area contributed by atoms with Crippen LogP contribution >= 0.6 is 0 Å². The molecule has 8 heteroatoms. The Labute approximate surface area is 696 Å². The van der Waals surface area contributed by atoms with Gasteiger partial charge >= 0.3 is 0 Å². The van der Waals surface area contributed by atoms with Gasteiger partial charge in [0.05, 0.1) is 77.6 Å². The van der Waals surface area contributed by atoms with Crippen LogP contribution in [0.5, 0.6) is 0 Å². The number of rotatable bonds is 12. The lowest BCUT2D eigenvalue weighted by Gasteiger charge is -2.15. The van der Waals surface area contributed by atoms with E-state index >= 15 is 0 Å². The molecule has 0 amide bonds. The van der Waals surface area contributed by atoms with Gasteiger partial charge in [-0.15, -0.1) is 0 Å². The molecule has 0 bridgehead atoms. The highest BCUT2D eigenvalue weighted by Crippen LogP contribution is 2.46. The quantitative estimate of drug-likeness (QED) is 0.122. The maximum Gasteiger partial charge on any atom is 0.235 e. The van der Waals surface area contributed by atoms with Crippen molar-refractivity contribution in [2.45, 2.75) is 13.3 Å². The van der Waals surface area contributed by atoms with Gasteiger partial charge in [-0.25, -0.2) is 9.97 Å². The minimum atomic E-state index is 0.457. The maximum atomic E-state index is 5.89. The van der Waals surface area contributed by atoms with Crippen molar-refractivity contribution < 1.29 is 0 Å².